The Hall–Kier alpha value is -0.980. The van der Waals surface area contributed by atoms with E-state index in [-0.39, 0.29) is 16.5 Å². The van der Waals surface area contributed by atoms with Crippen LogP contribution < -0.4 is 0 Å². The van der Waals surface area contributed by atoms with E-state index in [9.17, 15) is 12.8 Å². The summed E-state index contributed by atoms with van der Waals surface area (Å²) < 4.78 is 39.4. The fourth-order valence-electron chi connectivity index (χ4n) is 2.23. The average molecular weight is 273 g/mol. The van der Waals surface area contributed by atoms with Gasteiger partial charge in [0.15, 0.2) is 0 Å². The number of hydrogen-bond acceptors (Lipinski definition) is 3. The van der Waals surface area contributed by atoms with Crippen molar-refractivity contribution in [1.82, 2.24) is 4.31 Å². The zero-order valence-electron chi connectivity index (χ0n) is 10.1. The van der Waals surface area contributed by atoms with Crippen LogP contribution in [0.25, 0.3) is 0 Å². The van der Waals surface area contributed by atoms with Crippen molar-refractivity contribution in [2.45, 2.75) is 37.3 Å². The third-order valence-corrected chi connectivity index (χ3v) is 5.30. The zero-order valence-corrected chi connectivity index (χ0v) is 11.0. The molecule has 0 spiro atoms. The summed E-state index contributed by atoms with van der Waals surface area (Å²) in [6.45, 7) is 1.85. The molecule has 18 heavy (non-hydrogen) atoms. The monoisotopic (exact) mass is 273 g/mol. The van der Waals surface area contributed by atoms with Crippen LogP contribution in [-0.2, 0) is 16.6 Å². The van der Waals surface area contributed by atoms with Gasteiger partial charge in [-0.3, -0.25) is 0 Å². The highest BCUT2D eigenvalue weighted by Gasteiger charge is 2.32. The molecule has 1 atom stereocenters. The van der Waals surface area contributed by atoms with E-state index < -0.39 is 22.4 Å². The topological polar surface area (TPSA) is 57.6 Å². The predicted octanol–water partition coefficient (Wildman–Crippen LogP) is 1.49. The van der Waals surface area contributed by atoms with Crippen molar-refractivity contribution in [3.8, 4) is 0 Å². The SMILES string of the molecule is CC1CCCN1S(=O)(=O)c1ccc(F)c(CO)c1. The van der Waals surface area contributed by atoms with Crippen LogP contribution in [0.5, 0.6) is 0 Å². The number of sulfonamides is 1. The zero-order chi connectivity index (χ0) is 13.3. The molecule has 0 aromatic heterocycles. The van der Waals surface area contributed by atoms with Crippen molar-refractivity contribution >= 4 is 10.0 Å². The maximum Gasteiger partial charge on any atom is 0.243 e. The summed E-state index contributed by atoms with van der Waals surface area (Å²) in [5.74, 6) is -0.592. The summed E-state index contributed by atoms with van der Waals surface area (Å²) in [7, 11) is -3.58. The van der Waals surface area contributed by atoms with E-state index >= 15 is 0 Å². The van der Waals surface area contributed by atoms with Crippen molar-refractivity contribution in [2.75, 3.05) is 6.54 Å². The molecule has 2 rings (SSSR count). The van der Waals surface area contributed by atoms with Gasteiger partial charge >= 0.3 is 0 Å². The summed E-state index contributed by atoms with van der Waals surface area (Å²) in [6.07, 6.45) is 1.68. The summed E-state index contributed by atoms with van der Waals surface area (Å²) in [6, 6.07) is 3.50. The number of rotatable bonds is 3. The van der Waals surface area contributed by atoms with Crippen molar-refractivity contribution in [3.05, 3.63) is 29.6 Å². The smallest absolute Gasteiger partial charge is 0.243 e. The van der Waals surface area contributed by atoms with Gasteiger partial charge in [-0.1, -0.05) is 0 Å². The summed E-state index contributed by atoms with van der Waals surface area (Å²) in [4.78, 5) is 0.0432. The molecule has 0 saturated carbocycles. The molecule has 1 fully saturated rings. The Kier molecular flexibility index (Phi) is 3.70. The molecular weight excluding hydrogens is 257 g/mol. The van der Waals surface area contributed by atoms with Gasteiger partial charge in [-0.05, 0) is 38.0 Å². The van der Waals surface area contributed by atoms with Crippen LogP contribution in [0.3, 0.4) is 0 Å². The molecule has 1 aromatic rings. The average Bonchev–Trinajstić information content (AvgIpc) is 2.76. The number of halogens is 1. The van der Waals surface area contributed by atoms with Gasteiger partial charge in [-0.25, -0.2) is 12.8 Å². The Morgan fingerprint density at radius 3 is 2.78 bits per heavy atom. The first-order valence-corrected chi connectivity index (χ1v) is 7.32. The van der Waals surface area contributed by atoms with Crippen LogP contribution in [0.1, 0.15) is 25.3 Å². The molecule has 1 N–H and O–H groups in total. The lowest BCUT2D eigenvalue weighted by Crippen LogP contribution is -2.33. The minimum atomic E-state index is -3.58. The Morgan fingerprint density at radius 2 is 2.22 bits per heavy atom. The van der Waals surface area contributed by atoms with E-state index in [1.807, 2.05) is 6.92 Å². The van der Waals surface area contributed by atoms with Crippen molar-refractivity contribution in [1.29, 1.82) is 0 Å². The van der Waals surface area contributed by atoms with Gasteiger partial charge in [0.1, 0.15) is 5.82 Å². The highest BCUT2D eigenvalue weighted by molar-refractivity contribution is 7.89. The lowest BCUT2D eigenvalue weighted by Gasteiger charge is -2.21. The number of hydrogen-bond donors (Lipinski definition) is 1. The Morgan fingerprint density at radius 1 is 1.50 bits per heavy atom. The van der Waals surface area contributed by atoms with E-state index in [4.69, 9.17) is 5.11 Å². The molecular formula is C12H16FNO3S. The molecule has 1 heterocycles. The molecule has 1 aliphatic rings. The van der Waals surface area contributed by atoms with E-state index in [1.165, 1.54) is 16.4 Å². The van der Waals surface area contributed by atoms with Gasteiger partial charge in [0.05, 0.1) is 11.5 Å². The highest BCUT2D eigenvalue weighted by atomic mass is 32.2. The second-order valence-corrected chi connectivity index (χ2v) is 6.41. The van der Waals surface area contributed by atoms with Gasteiger partial charge < -0.3 is 5.11 Å². The first-order chi connectivity index (χ1) is 8.46. The maximum atomic E-state index is 13.2. The maximum absolute atomic E-state index is 13.2. The minimum absolute atomic E-state index is 0.00271. The molecule has 1 saturated heterocycles. The third kappa shape index (κ3) is 2.28. The van der Waals surface area contributed by atoms with Gasteiger partial charge in [-0.2, -0.15) is 4.31 Å². The fraction of sp³-hybridized carbons (Fsp3) is 0.500. The highest BCUT2D eigenvalue weighted by Crippen LogP contribution is 2.26. The molecule has 4 nitrogen and oxygen atoms in total. The molecule has 100 valence electrons. The van der Waals surface area contributed by atoms with Crippen molar-refractivity contribution in [2.24, 2.45) is 0 Å². The summed E-state index contributed by atoms with van der Waals surface area (Å²) in [5.41, 5.74) is 0.00271. The number of benzene rings is 1. The standard InChI is InChI=1S/C12H16FNO3S/c1-9-3-2-6-14(9)18(16,17)11-4-5-12(13)10(7-11)8-15/h4-5,7,9,15H,2-3,6,8H2,1H3. The van der Waals surface area contributed by atoms with Crippen molar-refractivity contribution in [3.63, 3.8) is 0 Å². The molecule has 0 bridgehead atoms. The lowest BCUT2D eigenvalue weighted by atomic mass is 10.2. The molecule has 1 unspecified atom stereocenters. The molecule has 0 amide bonds. The van der Waals surface area contributed by atoms with Gasteiger partial charge in [-0.15, -0.1) is 0 Å². The summed E-state index contributed by atoms with van der Waals surface area (Å²) in [5, 5.41) is 8.98. The second-order valence-electron chi connectivity index (χ2n) is 4.52. The van der Waals surface area contributed by atoms with Crippen LogP contribution in [0.2, 0.25) is 0 Å². The molecule has 1 aromatic carbocycles. The van der Waals surface area contributed by atoms with Gasteiger partial charge in [0, 0.05) is 18.2 Å². The number of nitrogens with zero attached hydrogens (tertiary/aromatic N) is 1. The third-order valence-electron chi connectivity index (χ3n) is 3.29. The van der Waals surface area contributed by atoms with Gasteiger partial charge in [0.25, 0.3) is 0 Å². The first kappa shape index (κ1) is 13.5. The summed E-state index contributed by atoms with van der Waals surface area (Å²) >= 11 is 0. The largest absolute Gasteiger partial charge is 0.392 e. The van der Waals surface area contributed by atoms with Crippen LogP contribution in [-0.4, -0.2) is 30.4 Å². The lowest BCUT2D eigenvalue weighted by molar-refractivity contribution is 0.275. The van der Waals surface area contributed by atoms with Crippen LogP contribution in [0.4, 0.5) is 4.39 Å². The number of aliphatic hydroxyl groups excluding tert-OH is 1. The molecule has 6 heteroatoms. The minimum Gasteiger partial charge on any atom is -0.392 e. The van der Waals surface area contributed by atoms with Crippen LogP contribution in [0.15, 0.2) is 23.1 Å². The quantitative estimate of drug-likeness (QED) is 0.907. The predicted molar refractivity (Wildman–Crippen MR) is 64.9 cm³/mol. The normalized spacial score (nSPS) is 21.4. The Bertz CT molecular complexity index is 544. The molecule has 0 radical (unpaired) electrons. The first-order valence-electron chi connectivity index (χ1n) is 5.88. The Labute approximate surface area is 106 Å². The van der Waals surface area contributed by atoms with E-state index in [2.05, 4.69) is 0 Å². The van der Waals surface area contributed by atoms with Crippen LogP contribution in [0, 0.1) is 5.82 Å². The van der Waals surface area contributed by atoms with Crippen molar-refractivity contribution < 1.29 is 17.9 Å². The molecule has 1 aliphatic heterocycles. The van der Waals surface area contributed by atoms with E-state index in [1.54, 1.807) is 0 Å². The number of aliphatic hydroxyl groups is 1. The van der Waals surface area contributed by atoms with Crippen LogP contribution >= 0.6 is 0 Å². The van der Waals surface area contributed by atoms with E-state index in [0.29, 0.717) is 6.54 Å². The second kappa shape index (κ2) is 4.95. The fourth-order valence-corrected chi connectivity index (χ4v) is 3.98. The Balaban J connectivity index is 2.41. The van der Waals surface area contributed by atoms with E-state index in [0.717, 1.165) is 18.9 Å². The van der Waals surface area contributed by atoms with Gasteiger partial charge in [0.2, 0.25) is 10.0 Å². The molecule has 0 aliphatic carbocycles.